The minimum Gasteiger partial charge on any atom is -0.256 e. The summed E-state index contributed by atoms with van der Waals surface area (Å²) >= 11 is 0. The average Bonchev–Trinajstić information content (AvgIpc) is 3.22. The van der Waals surface area contributed by atoms with E-state index in [0.29, 0.717) is 5.82 Å². The molecule has 0 atom stereocenters. The molecule has 0 aliphatic carbocycles. The van der Waals surface area contributed by atoms with Crippen LogP contribution in [0.1, 0.15) is 0 Å². The summed E-state index contributed by atoms with van der Waals surface area (Å²) in [5.74, 6) is 0.685. The zero-order valence-electron chi connectivity index (χ0n) is 28.1. The van der Waals surface area contributed by atoms with Gasteiger partial charge in [0.25, 0.3) is 0 Å². The van der Waals surface area contributed by atoms with Crippen molar-refractivity contribution < 1.29 is 0 Å². The Morgan fingerprint density at radius 3 is 1.35 bits per heavy atom. The van der Waals surface area contributed by atoms with Gasteiger partial charge >= 0.3 is 0 Å². The second-order valence-corrected chi connectivity index (χ2v) is 13.1. The molecule has 242 valence electrons. The SMILES string of the molecule is c1cnc2ccc(-c3ccc(-c4cc(-c5c6ccccc6cc6ccccc56)nc(-c5ccc(-c6ccc7ncccc7c6)cc5)n4)cc3)cc2c1. The van der Waals surface area contributed by atoms with E-state index in [2.05, 4.69) is 168 Å². The van der Waals surface area contributed by atoms with E-state index in [0.717, 1.165) is 72.1 Å². The number of hydrogen-bond acceptors (Lipinski definition) is 4. The van der Waals surface area contributed by atoms with Crippen LogP contribution >= 0.6 is 0 Å². The van der Waals surface area contributed by atoms with Gasteiger partial charge in [-0.25, -0.2) is 9.97 Å². The number of nitrogens with zero attached hydrogens (tertiary/aromatic N) is 4. The lowest BCUT2D eigenvalue weighted by Crippen LogP contribution is -1.97. The monoisotopic (exact) mass is 662 g/mol. The number of pyridine rings is 2. The van der Waals surface area contributed by atoms with Crippen molar-refractivity contribution in [2.75, 3.05) is 0 Å². The van der Waals surface area contributed by atoms with E-state index in [9.17, 15) is 0 Å². The lowest BCUT2D eigenvalue weighted by Gasteiger charge is -2.14. The molecule has 3 aromatic heterocycles. The number of rotatable bonds is 5. The van der Waals surface area contributed by atoms with Crippen molar-refractivity contribution in [3.05, 3.63) is 182 Å². The van der Waals surface area contributed by atoms with E-state index < -0.39 is 0 Å². The highest BCUT2D eigenvalue weighted by Gasteiger charge is 2.16. The molecule has 7 aromatic carbocycles. The molecule has 3 heterocycles. The van der Waals surface area contributed by atoms with Gasteiger partial charge < -0.3 is 0 Å². The molecule has 0 amide bonds. The molecule has 52 heavy (non-hydrogen) atoms. The van der Waals surface area contributed by atoms with Crippen LogP contribution in [0.2, 0.25) is 0 Å². The molecule has 10 rings (SSSR count). The van der Waals surface area contributed by atoms with E-state index in [1.54, 1.807) is 0 Å². The van der Waals surface area contributed by atoms with Gasteiger partial charge in [-0.3, -0.25) is 9.97 Å². The van der Waals surface area contributed by atoms with E-state index in [1.165, 1.54) is 21.5 Å². The van der Waals surface area contributed by atoms with Crippen molar-refractivity contribution in [1.82, 2.24) is 19.9 Å². The van der Waals surface area contributed by atoms with E-state index in [4.69, 9.17) is 9.97 Å². The molecular formula is C48H30N4. The van der Waals surface area contributed by atoms with Crippen LogP contribution in [-0.2, 0) is 0 Å². The van der Waals surface area contributed by atoms with Crippen LogP contribution in [0.15, 0.2) is 182 Å². The number of aromatic nitrogens is 4. The summed E-state index contributed by atoms with van der Waals surface area (Å²) in [6.07, 6.45) is 3.66. The summed E-state index contributed by atoms with van der Waals surface area (Å²) in [7, 11) is 0. The van der Waals surface area contributed by atoms with Crippen molar-refractivity contribution in [2.45, 2.75) is 0 Å². The first-order valence-electron chi connectivity index (χ1n) is 17.4. The highest BCUT2D eigenvalue weighted by Crippen LogP contribution is 2.38. The standard InChI is InChI=1S/C48H30N4/c1-3-11-41-37(7-1)29-38-8-2-4-12-42(38)47(41)46-30-45(33-17-13-31(14-18-33)35-21-23-43-39(27-35)9-5-25-49-43)51-48(52-46)34-19-15-32(16-20-34)36-22-24-44-40(28-36)10-6-26-50-44/h1-30H. The van der Waals surface area contributed by atoms with Crippen LogP contribution in [0, 0.1) is 0 Å². The van der Waals surface area contributed by atoms with Crippen LogP contribution in [-0.4, -0.2) is 19.9 Å². The fraction of sp³-hybridized carbons (Fsp3) is 0. The van der Waals surface area contributed by atoms with Gasteiger partial charge in [-0.15, -0.1) is 0 Å². The third kappa shape index (κ3) is 5.34. The molecule has 0 N–H and O–H groups in total. The molecule has 10 aromatic rings. The van der Waals surface area contributed by atoms with Gasteiger partial charge in [0.1, 0.15) is 0 Å². The van der Waals surface area contributed by atoms with Crippen molar-refractivity contribution in [1.29, 1.82) is 0 Å². The first kappa shape index (κ1) is 29.8. The molecule has 0 unspecified atom stereocenters. The zero-order chi connectivity index (χ0) is 34.4. The molecule has 4 nitrogen and oxygen atoms in total. The van der Waals surface area contributed by atoms with Crippen LogP contribution in [0.25, 0.3) is 99.5 Å². The second kappa shape index (κ2) is 12.4. The maximum atomic E-state index is 5.31. The topological polar surface area (TPSA) is 51.6 Å². The fourth-order valence-electron chi connectivity index (χ4n) is 7.30. The van der Waals surface area contributed by atoms with Gasteiger partial charge in [0, 0.05) is 39.9 Å². The Morgan fingerprint density at radius 2 is 0.769 bits per heavy atom. The Kier molecular flexibility index (Phi) is 7.10. The van der Waals surface area contributed by atoms with Gasteiger partial charge in [-0.2, -0.15) is 0 Å². The van der Waals surface area contributed by atoms with Crippen LogP contribution < -0.4 is 0 Å². The largest absolute Gasteiger partial charge is 0.256 e. The Hall–Kier alpha value is -7.04. The van der Waals surface area contributed by atoms with Crippen molar-refractivity contribution in [3.63, 3.8) is 0 Å². The smallest absolute Gasteiger partial charge is 0.160 e. The van der Waals surface area contributed by atoms with Crippen LogP contribution in [0.3, 0.4) is 0 Å². The quantitative estimate of drug-likeness (QED) is 0.172. The summed E-state index contributed by atoms with van der Waals surface area (Å²) in [5.41, 5.74) is 11.4. The number of hydrogen-bond donors (Lipinski definition) is 0. The summed E-state index contributed by atoms with van der Waals surface area (Å²) in [6, 6.07) is 59.8. The minimum absolute atomic E-state index is 0.685. The van der Waals surface area contributed by atoms with Crippen molar-refractivity contribution in [3.8, 4) is 56.2 Å². The molecule has 0 saturated carbocycles. The molecule has 0 spiro atoms. The molecule has 0 aliphatic heterocycles. The first-order valence-corrected chi connectivity index (χ1v) is 17.4. The predicted octanol–water partition coefficient (Wildman–Crippen LogP) is 12.2. The normalized spacial score (nSPS) is 11.5. The Morgan fingerprint density at radius 1 is 0.308 bits per heavy atom. The first-order chi connectivity index (χ1) is 25.7. The number of fused-ring (bicyclic) bond motifs is 4. The summed E-state index contributed by atoms with van der Waals surface area (Å²) < 4.78 is 0. The highest BCUT2D eigenvalue weighted by molar-refractivity contribution is 6.12. The molecule has 0 fully saturated rings. The molecule has 0 saturated heterocycles. The van der Waals surface area contributed by atoms with Crippen LogP contribution in [0.4, 0.5) is 0 Å². The Labute approximate surface area is 300 Å². The Balaban J connectivity index is 1.11. The van der Waals surface area contributed by atoms with E-state index in [-0.39, 0.29) is 0 Å². The molecule has 4 heteroatoms. The van der Waals surface area contributed by atoms with Crippen molar-refractivity contribution in [2.24, 2.45) is 0 Å². The summed E-state index contributed by atoms with van der Waals surface area (Å²) in [6.45, 7) is 0. The average molecular weight is 663 g/mol. The highest BCUT2D eigenvalue weighted by atomic mass is 14.9. The fourth-order valence-corrected chi connectivity index (χ4v) is 7.30. The summed E-state index contributed by atoms with van der Waals surface area (Å²) in [5, 5.41) is 6.94. The third-order valence-electron chi connectivity index (χ3n) is 9.95. The van der Waals surface area contributed by atoms with Gasteiger partial charge in [0.05, 0.1) is 22.4 Å². The van der Waals surface area contributed by atoms with Crippen molar-refractivity contribution >= 4 is 43.4 Å². The maximum Gasteiger partial charge on any atom is 0.160 e. The minimum atomic E-state index is 0.685. The lowest BCUT2D eigenvalue weighted by molar-refractivity contribution is 1.19. The lowest BCUT2D eigenvalue weighted by atomic mass is 9.93. The van der Waals surface area contributed by atoms with Gasteiger partial charge in [-0.05, 0) is 92.3 Å². The molecule has 0 bridgehead atoms. The van der Waals surface area contributed by atoms with Crippen LogP contribution in [0.5, 0.6) is 0 Å². The zero-order valence-corrected chi connectivity index (χ0v) is 28.1. The predicted molar refractivity (Wildman–Crippen MR) is 215 cm³/mol. The van der Waals surface area contributed by atoms with E-state index in [1.807, 2.05) is 24.5 Å². The van der Waals surface area contributed by atoms with E-state index >= 15 is 0 Å². The van der Waals surface area contributed by atoms with Gasteiger partial charge in [0.2, 0.25) is 0 Å². The molecule has 0 aliphatic rings. The third-order valence-corrected chi connectivity index (χ3v) is 9.95. The second-order valence-electron chi connectivity index (χ2n) is 13.1. The van der Waals surface area contributed by atoms with Gasteiger partial charge in [0.15, 0.2) is 5.82 Å². The number of benzene rings is 7. The maximum absolute atomic E-state index is 5.31. The summed E-state index contributed by atoms with van der Waals surface area (Å²) in [4.78, 5) is 19.5. The molecular weight excluding hydrogens is 633 g/mol. The molecule has 0 radical (unpaired) electrons. The Bertz CT molecular complexity index is 2750. The van der Waals surface area contributed by atoms with Gasteiger partial charge in [-0.1, -0.05) is 121 Å².